The largest absolute Gasteiger partial charge is 0.508 e. The lowest BCUT2D eigenvalue weighted by atomic mass is 10.2. The average Bonchev–Trinajstić information content (AvgIpc) is 2.39. The first-order chi connectivity index (χ1) is 9.86. The summed E-state index contributed by atoms with van der Waals surface area (Å²) in [4.78, 5) is 0. The van der Waals surface area contributed by atoms with E-state index in [-0.39, 0.29) is 16.5 Å². The van der Waals surface area contributed by atoms with Gasteiger partial charge in [-0.2, -0.15) is 18.3 Å². The standard InChI is InChI=1S/C14H10ClF3N2O/c15-12-5-4-10(14(16,17)18)7-13(12)20-19-8-9-2-1-3-11(21)6-9/h1-8,20-21H/b19-8+. The second kappa shape index (κ2) is 6.05. The Balaban J connectivity index is 2.16. The molecule has 0 aliphatic heterocycles. The van der Waals surface area contributed by atoms with Gasteiger partial charge in [-0.1, -0.05) is 23.7 Å². The van der Waals surface area contributed by atoms with Crippen molar-refractivity contribution in [2.75, 3.05) is 5.43 Å². The molecule has 21 heavy (non-hydrogen) atoms. The van der Waals surface area contributed by atoms with E-state index in [1.54, 1.807) is 12.1 Å². The van der Waals surface area contributed by atoms with E-state index < -0.39 is 11.7 Å². The molecule has 2 rings (SSSR count). The Morgan fingerprint density at radius 3 is 2.57 bits per heavy atom. The third kappa shape index (κ3) is 4.13. The van der Waals surface area contributed by atoms with Gasteiger partial charge in [-0.15, -0.1) is 0 Å². The van der Waals surface area contributed by atoms with Crippen molar-refractivity contribution in [2.45, 2.75) is 6.18 Å². The van der Waals surface area contributed by atoms with Crippen LogP contribution in [0.1, 0.15) is 11.1 Å². The van der Waals surface area contributed by atoms with E-state index in [4.69, 9.17) is 11.6 Å². The molecular weight excluding hydrogens is 305 g/mol. The van der Waals surface area contributed by atoms with Crippen molar-refractivity contribution in [1.82, 2.24) is 0 Å². The van der Waals surface area contributed by atoms with E-state index in [1.807, 2.05) is 0 Å². The molecule has 0 spiro atoms. The minimum absolute atomic E-state index is 0.0443. The number of halogens is 4. The summed E-state index contributed by atoms with van der Waals surface area (Å²) in [6.07, 6.45) is -3.09. The average molecular weight is 315 g/mol. The van der Waals surface area contributed by atoms with Crippen molar-refractivity contribution in [3.63, 3.8) is 0 Å². The Kier molecular flexibility index (Phi) is 4.37. The molecule has 2 aromatic rings. The molecule has 3 nitrogen and oxygen atoms in total. The van der Waals surface area contributed by atoms with E-state index in [0.29, 0.717) is 5.56 Å². The van der Waals surface area contributed by atoms with Crippen LogP contribution < -0.4 is 5.43 Å². The van der Waals surface area contributed by atoms with Crippen LogP contribution in [-0.4, -0.2) is 11.3 Å². The predicted molar refractivity (Wildman–Crippen MR) is 75.8 cm³/mol. The molecule has 0 saturated heterocycles. The molecule has 0 bridgehead atoms. The van der Waals surface area contributed by atoms with Gasteiger partial charge in [-0.3, -0.25) is 5.43 Å². The molecule has 0 radical (unpaired) electrons. The second-order valence-electron chi connectivity index (χ2n) is 4.16. The van der Waals surface area contributed by atoms with Crippen molar-refractivity contribution in [1.29, 1.82) is 0 Å². The predicted octanol–water partition coefficient (Wildman–Crippen LogP) is 4.51. The molecule has 0 aliphatic carbocycles. The number of hydrazone groups is 1. The van der Waals surface area contributed by atoms with Crippen molar-refractivity contribution in [3.05, 3.63) is 58.6 Å². The zero-order chi connectivity index (χ0) is 15.5. The Morgan fingerprint density at radius 2 is 1.90 bits per heavy atom. The van der Waals surface area contributed by atoms with Crippen molar-refractivity contribution < 1.29 is 18.3 Å². The van der Waals surface area contributed by atoms with Gasteiger partial charge in [-0.25, -0.2) is 0 Å². The molecule has 0 saturated carbocycles. The zero-order valence-corrected chi connectivity index (χ0v) is 11.3. The quantitative estimate of drug-likeness (QED) is 0.646. The number of nitrogens with zero attached hydrogens (tertiary/aromatic N) is 1. The first-order valence-corrected chi connectivity index (χ1v) is 6.19. The van der Waals surface area contributed by atoms with Gasteiger partial charge in [0, 0.05) is 0 Å². The molecule has 0 aromatic heterocycles. The van der Waals surface area contributed by atoms with Gasteiger partial charge in [0.1, 0.15) is 5.75 Å². The number of nitrogens with one attached hydrogen (secondary N) is 1. The van der Waals surface area contributed by atoms with Crippen LogP contribution in [0.2, 0.25) is 5.02 Å². The Hall–Kier alpha value is -2.21. The first-order valence-electron chi connectivity index (χ1n) is 5.81. The monoisotopic (exact) mass is 314 g/mol. The smallest absolute Gasteiger partial charge is 0.416 e. The maximum absolute atomic E-state index is 12.6. The van der Waals surface area contributed by atoms with Gasteiger partial charge in [0.2, 0.25) is 0 Å². The molecule has 110 valence electrons. The third-order valence-electron chi connectivity index (χ3n) is 2.56. The molecule has 0 amide bonds. The lowest BCUT2D eigenvalue weighted by Gasteiger charge is -2.09. The van der Waals surface area contributed by atoms with Crippen molar-refractivity contribution >= 4 is 23.5 Å². The van der Waals surface area contributed by atoms with Crippen LogP contribution in [0.5, 0.6) is 5.75 Å². The number of anilines is 1. The summed E-state index contributed by atoms with van der Waals surface area (Å²) in [6, 6.07) is 9.17. The van der Waals surface area contributed by atoms with E-state index >= 15 is 0 Å². The van der Waals surface area contributed by atoms with Crippen molar-refractivity contribution in [2.24, 2.45) is 5.10 Å². The van der Waals surface area contributed by atoms with Gasteiger partial charge in [-0.05, 0) is 35.9 Å². The summed E-state index contributed by atoms with van der Waals surface area (Å²) in [7, 11) is 0. The number of aromatic hydroxyl groups is 1. The lowest BCUT2D eigenvalue weighted by Crippen LogP contribution is -2.05. The molecule has 0 unspecified atom stereocenters. The summed E-state index contributed by atoms with van der Waals surface area (Å²) in [5.41, 5.74) is 2.26. The highest BCUT2D eigenvalue weighted by Crippen LogP contribution is 2.33. The number of phenols is 1. The highest BCUT2D eigenvalue weighted by molar-refractivity contribution is 6.33. The molecule has 0 fully saturated rings. The molecule has 2 N–H and O–H groups in total. The van der Waals surface area contributed by atoms with Crippen LogP contribution in [-0.2, 0) is 6.18 Å². The van der Waals surface area contributed by atoms with E-state index in [2.05, 4.69) is 10.5 Å². The highest BCUT2D eigenvalue weighted by Gasteiger charge is 2.30. The molecule has 0 atom stereocenters. The third-order valence-corrected chi connectivity index (χ3v) is 2.89. The van der Waals surface area contributed by atoms with Gasteiger partial charge in [0.05, 0.1) is 22.5 Å². The number of alkyl halides is 3. The van der Waals surface area contributed by atoms with Gasteiger partial charge >= 0.3 is 6.18 Å². The van der Waals surface area contributed by atoms with E-state index in [9.17, 15) is 18.3 Å². The lowest BCUT2D eigenvalue weighted by molar-refractivity contribution is -0.137. The van der Waals surface area contributed by atoms with Crippen LogP contribution in [0.25, 0.3) is 0 Å². The highest BCUT2D eigenvalue weighted by atomic mass is 35.5. The summed E-state index contributed by atoms with van der Waals surface area (Å²) < 4.78 is 37.8. The number of phenolic OH excluding ortho intramolecular Hbond substituents is 1. The summed E-state index contributed by atoms with van der Waals surface area (Å²) in [5.74, 6) is 0.0658. The van der Waals surface area contributed by atoms with Gasteiger partial charge in [0.15, 0.2) is 0 Å². The van der Waals surface area contributed by atoms with Crippen LogP contribution in [0, 0.1) is 0 Å². The summed E-state index contributed by atoms with van der Waals surface area (Å²) in [5, 5.41) is 13.2. The molecule has 0 aliphatic rings. The second-order valence-corrected chi connectivity index (χ2v) is 4.56. The number of hydrogen-bond donors (Lipinski definition) is 2. The van der Waals surface area contributed by atoms with Crippen LogP contribution in [0.4, 0.5) is 18.9 Å². The fraction of sp³-hybridized carbons (Fsp3) is 0.0714. The minimum Gasteiger partial charge on any atom is -0.508 e. The molecule has 2 aromatic carbocycles. The molecule has 7 heteroatoms. The fourth-order valence-corrected chi connectivity index (χ4v) is 1.73. The van der Waals surface area contributed by atoms with Crippen LogP contribution in [0.15, 0.2) is 47.6 Å². The maximum atomic E-state index is 12.6. The summed E-state index contributed by atoms with van der Waals surface area (Å²) >= 11 is 5.81. The Labute approximate surface area is 123 Å². The first kappa shape index (κ1) is 15.2. The van der Waals surface area contributed by atoms with Crippen LogP contribution >= 0.6 is 11.6 Å². The summed E-state index contributed by atoms with van der Waals surface area (Å²) in [6.45, 7) is 0. The van der Waals surface area contributed by atoms with E-state index in [1.165, 1.54) is 18.3 Å². The Morgan fingerprint density at radius 1 is 1.14 bits per heavy atom. The molecule has 0 heterocycles. The molecular formula is C14H10ClF3N2O. The van der Waals surface area contributed by atoms with Gasteiger partial charge < -0.3 is 5.11 Å². The Bertz CT molecular complexity index is 672. The SMILES string of the molecule is Oc1cccc(/C=N/Nc2cc(C(F)(F)F)ccc2Cl)c1. The zero-order valence-electron chi connectivity index (χ0n) is 10.5. The normalized spacial score (nSPS) is 11.8. The maximum Gasteiger partial charge on any atom is 0.416 e. The number of hydrogen-bond acceptors (Lipinski definition) is 3. The topological polar surface area (TPSA) is 44.6 Å². The minimum atomic E-state index is -4.45. The fourth-order valence-electron chi connectivity index (χ4n) is 1.57. The van der Waals surface area contributed by atoms with Crippen molar-refractivity contribution in [3.8, 4) is 5.75 Å². The van der Waals surface area contributed by atoms with Crippen LogP contribution in [0.3, 0.4) is 0 Å². The number of rotatable bonds is 3. The van der Waals surface area contributed by atoms with Gasteiger partial charge in [0.25, 0.3) is 0 Å². The number of benzene rings is 2. The van der Waals surface area contributed by atoms with E-state index in [0.717, 1.165) is 18.2 Å².